The first-order valence-electron chi connectivity index (χ1n) is 3.71. The maximum atomic E-state index is 4.18. The third-order valence-corrected chi connectivity index (χ3v) is 2.26. The Balaban J connectivity index is 2.55. The molecule has 0 radical (unpaired) electrons. The maximum Gasteiger partial charge on any atom is 0.104 e. The zero-order valence-electron chi connectivity index (χ0n) is 6.69. The van der Waals surface area contributed by atoms with E-state index in [-0.39, 0.29) is 0 Å². The van der Waals surface area contributed by atoms with E-state index in [1.54, 1.807) is 6.20 Å². The number of hydrogen-bond acceptors (Lipinski definition) is 3. The van der Waals surface area contributed by atoms with Gasteiger partial charge in [0.1, 0.15) is 5.69 Å². The van der Waals surface area contributed by atoms with Crippen LogP contribution in [0.4, 0.5) is 0 Å². The van der Waals surface area contributed by atoms with Crippen molar-refractivity contribution in [1.29, 1.82) is 0 Å². The molecule has 0 saturated carbocycles. The minimum atomic E-state index is 0.970. The monoisotopic (exact) mass is 176 g/mol. The highest BCUT2D eigenvalue weighted by atomic mass is 32.1. The lowest BCUT2D eigenvalue weighted by atomic mass is 10.1. The molecule has 12 heavy (non-hydrogen) atoms. The van der Waals surface area contributed by atoms with Crippen molar-refractivity contribution in [2.45, 2.75) is 6.92 Å². The minimum Gasteiger partial charge on any atom is -0.181 e. The Bertz CT molecular complexity index is 368. The van der Waals surface area contributed by atoms with Crippen molar-refractivity contribution in [3.8, 4) is 11.3 Å². The first-order chi connectivity index (χ1) is 5.88. The van der Waals surface area contributed by atoms with Crippen molar-refractivity contribution in [2.24, 2.45) is 0 Å². The molecule has 0 amide bonds. The Kier molecular flexibility index (Phi) is 1.87. The Hall–Kier alpha value is -1.22. The standard InChI is InChI=1S/C9H8N2S/c1-7-4-2-3-5-8(7)9-6-10-12-11-9/h2-6H,1H3. The van der Waals surface area contributed by atoms with Gasteiger partial charge in [-0.1, -0.05) is 24.3 Å². The molecule has 3 heteroatoms. The van der Waals surface area contributed by atoms with Gasteiger partial charge in [0.15, 0.2) is 0 Å². The van der Waals surface area contributed by atoms with Crippen molar-refractivity contribution in [3.05, 3.63) is 36.0 Å². The summed E-state index contributed by atoms with van der Waals surface area (Å²) in [4.78, 5) is 0. The Labute approximate surface area is 75.2 Å². The number of aromatic nitrogens is 2. The molecule has 1 heterocycles. The quantitative estimate of drug-likeness (QED) is 0.667. The van der Waals surface area contributed by atoms with Crippen LogP contribution in [0, 0.1) is 6.92 Å². The van der Waals surface area contributed by atoms with E-state index < -0.39 is 0 Å². The van der Waals surface area contributed by atoms with Crippen LogP contribution < -0.4 is 0 Å². The molecule has 0 saturated heterocycles. The van der Waals surface area contributed by atoms with Gasteiger partial charge < -0.3 is 0 Å². The number of nitrogens with zero attached hydrogens (tertiary/aromatic N) is 2. The van der Waals surface area contributed by atoms with Crippen molar-refractivity contribution in [3.63, 3.8) is 0 Å². The van der Waals surface area contributed by atoms with Crippen LogP contribution in [-0.4, -0.2) is 8.75 Å². The normalized spacial score (nSPS) is 10.1. The SMILES string of the molecule is Cc1ccccc1-c1cnsn1. The lowest BCUT2D eigenvalue weighted by molar-refractivity contribution is 1.41. The van der Waals surface area contributed by atoms with Gasteiger partial charge in [-0.3, -0.25) is 0 Å². The second-order valence-electron chi connectivity index (χ2n) is 2.61. The molecular weight excluding hydrogens is 168 g/mol. The molecule has 2 rings (SSSR count). The fourth-order valence-corrected chi connectivity index (χ4v) is 1.57. The van der Waals surface area contributed by atoms with E-state index in [1.165, 1.54) is 22.9 Å². The van der Waals surface area contributed by atoms with Crippen LogP contribution in [0.3, 0.4) is 0 Å². The number of benzene rings is 1. The largest absolute Gasteiger partial charge is 0.181 e. The highest BCUT2D eigenvalue weighted by Gasteiger charge is 2.01. The van der Waals surface area contributed by atoms with E-state index in [0.717, 1.165) is 5.69 Å². The van der Waals surface area contributed by atoms with Gasteiger partial charge in [0.05, 0.1) is 17.9 Å². The summed E-state index contributed by atoms with van der Waals surface area (Å²) in [5.41, 5.74) is 3.38. The van der Waals surface area contributed by atoms with Gasteiger partial charge in [-0.25, -0.2) is 0 Å². The summed E-state index contributed by atoms with van der Waals surface area (Å²) in [7, 11) is 0. The molecule has 2 aromatic rings. The van der Waals surface area contributed by atoms with Gasteiger partial charge in [-0.15, -0.1) is 0 Å². The number of aryl methyl sites for hydroxylation is 1. The molecule has 0 aliphatic heterocycles. The van der Waals surface area contributed by atoms with E-state index >= 15 is 0 Å². The van der Waals surface area contributed by atoms with Crippen LogP contribution in [0.2, 0.25) is 0 Å². The topological polar surface area (TPSA) is 25.8 Å². The lowest BCUT2D eigenvalue weighted by Gasteiger charge is -1.98. The van der Waals surface area contributed by atoms with Crippen LogP contribution in [0.25, 0.3) is 11.3 Å². The summed E-state index contributed by atoms with van der Waals surface area (Å²) < 4.78 is 8.15. The molecule has 0 atom stereocenters. The number of hydrogen-bond donors (Lipinski definition) is 0. The van der Waals surface area contributed by atoms with Gasteiger partial charge in [-0.05, 0) is 12.5 Å². The minimum absolute atomic E-state index is 0.970. The van der Waals surface area contributed by atoms with Crippen LogP contribution >= 0.6 is 11.7 Å². The summed E-state index contributed by atoms with van der Waals surface area (Å²) in [5, 5.41) is 0. The van der Waals surface area contributed by atoms with Crippen LogP contribution in [0.5, 0.6) is 0 Å². The Morgan fingerprint density at radius 3 is 2.75 bits per heavy atom. The first kappa shape index (κ1) is 7.43. The van der Waals surface area contributed by atoms with Crippen LogP contribution in [0.15, 0.2) is 30.5 Å². The molecule has 0 bridgehead atoms. The molecule has 1 aromatic heterocycles. The van der Waals surface area contributed by atoms with Gasteiger partial charge in [0, 0.05) is 5.56 Å². The molecule has 0 aliphatic rings. The van der Waals surface area contributed by atoms with E-state index in [4.69, 9.17) is 0 Å². The third-order valence-electron chi connectivity index (χ3n) is 1.78. The van der Waals surface area contributed by atoms with Crippen molar-refractivity contribution in [1.82, 2.24) is 8.75 Å². The van der Waals surface area contributed by atoms with Gasteiger partial charge in [-0.2, -0.15) is 8.75 Å². The number of rotatable bonds is 1. The summed E-state index contributed by atoms with van der Waals surface area (Å²) in [5.74, 6) is 0. The second-order valence-corrected chi connectivity index (χ2v) is 3.16. The zero-order valence-corrected chi connectivity index (χ0v) is 7.51. The Morgan fingerprint density at radius 1 is 1.25 bits per heavy atom. The first-order valence-corrected chi connectivity index (χ1v) is 4.44. The highest BCUT2D eigenvalue weighted by Crippen LogP contribution is 2.20. The molecule has 0 N–H and O–H groups in total. The summed E-state index contributed by atoms with van der Waals surface area (Å²) in [6.45, 7) is 2.08. The summed E-state index contributed by atoms with van der Waals surface area (Å²) in [6.07, 6.45) is 1.80. The summed E-state index contributed by atoms with van der Waals surface area (Å²) in [6, 6.07) is 8.18. The second kappa shape index (κ2) is 3.03. The van der Waals surface area contributed by atoms with Crippen molar-refractivity contribution >= 4 is 11.7 Å². The van der Waals surface area contributed by atoms with E-state index in [2.05, 4.69) is 27.8 Å². The maximum absolute atomic E-state index is 4.18. The fraction of sp³-hybridized carbons (Fsp3) is 0.111. The molecule has 60 valence electrons. The fourth-order valence-electron chi connectivity index (χ4n) is 1.14. The molecule has 1 aromatic carbocycles. The van der Waals surface area contributed by atoms with Gasteiger partial charge in [0.25, 0.3) is 0 Å². The third kappa shape index (κ3) is 1.23. The molecule has 2 nitrogen and oxygen atoms in total. The average Bonchev–Trinajstić information content (AvgIpc) is 2.57. The predicted molar refractivity (Wildman–Crippen MR) is 50.1 cm³/mol. The molecule has 0 aliphatic carbocycles. The van der Waals surface area contributed by atoms with Crippen molar-refractivity contribution in [2.75, 3.05) is 0 Å². The van der Waals surface area contributed by atoms with E-state index in [0.29, 0.717) is 0 Å². The lowest BCUT2D eigenvalue weighted by Crippen LogP contribution is -1.80. The van der Waals surface area contributed by atoms with E-state index in [9.17, 15) is 0 Å². The van der Waals surface area contributed by atoms with Crippen molar-refractivity contribution < 1.29 is 0 Å². The van der Waals surface area contributed by atoms with Gasteiger partial charge in [0.2, 0.25) is 0 Å². The van der Waals surface area contributed by atoms with Crippen LogP contribution in [-0.2, 0) is 0 Å². The molecular formula is C9H8N2S. The smallest absolute Gasteiger partial charge is 0.104 e. The van der Waals surface area contributed by atoms with Gasteiger partial charge >= 0.3 is 0 Å². The predicted octanol–water partition coefficient (Wildman–Crippen LogP) is 2.51. The summed E-state index contributed by atoms with van der Waals surface area (Å²) >= 11 is 1.24. The Morgan fingerprint density at radius 2 is 2.08 bits per heavy atom. The highest BCUT2D eigenvalue weighted by molar-refractivity contribution is 6.99. The molecule has 0 fully saturated rings. The van der Waals surface area contributed by atoms with E-state index in [1.807, 2.05) is 12.1 Å². The molecule has 0 unspecified atom stereocenters. The average molecular weight is 176 g/mol. The van der Waals surface area contributed by atoms with Crippen LogP contribution in [0.1, 0.15) is 5.56 Å². The zero-order chi connectivity index (χ0) is 8.39. The molecule has 0 spiro atoms.